The van der Waals surface area contributed by atoms with E-state index >= 15 is 0 Å². The first kappa shape index (κ1) is 10.4. The Labute approximate surface area is 88.2 Å². The first-order chi connectivity index (χ1) is 7.34. The number of ether oxygens (including phenoxy) is 2. The summed E-state index contributed by atoms with van der Waals surface area (Å²) in [5.41, 5.74) is 0. The Morgan fingerprint density at radius 2 is 2.20 bits per heavy atom. The second-order valence-corrected chi connectivity index (χ2v) is 3.46. The molecule has 1 N–H and O–H groups in total. The molecule has 0 bridgehead atoms. The Morgan fingerprint density at radius 1 is 1.40 bits per heavy atom. The third-order valence-electron chi connectivity index (χ3n) is 2.25. The number of hydrogen-bond donors (Lipinski definition) is 1. The highest BCUT2D eigenvalue weighted by Gasteiger charge is 2.13. The first-order valence-electron chi connectivity index (χ1n) is 5.05. The van der Waals surface area contributed by atoms with Crippen LogP contribution in [0.5, 0.6) is 5.75 Å². The van der Waals surface area contributed by atoms with Gasteiger partial charge in [-0.1, -0.05) is 0 Å². The number of benzene rings is 1. The van der Waals surface area contributed by atoms with Crippen LogP contribution >= 0.6 is 0 Å². The van der Waals surface area contributed by atoms with Gasteiger partial charge >= 0.3 is 0 Å². The molecule has 3 nitrogen and oxygen atoms in total. The van der Waals surface area contributed by atoms with Crippen molar-refractivity contribution in [3.05, 3.63) is 30.1 Å². The fourth-order valence-electron chi connectivity index (χ4n) is 1.45. The lowest BCUT2D eigenvalue weighted by molar-refractivity contribution is 0.000184. The first-order valence-corrected chi connectivity index (χ1v) is 5.05. The van der Waals surface area contributed by atoms with Crippen molar-refractivity contribution in [2.24, 2.45) is 0 Å². The van der Waals surface area contributed by atoms with Crippen LogP contribution in [0.25, 0.3) is 0 Å². The molecule has 1 aromatic rings. The van der Waals surface area contributed by atoms with E-state index in [1.807, 2.05) is 0 Å². The molecule has 0 unspecified atom stereocenters. The molecule has 0 spiro atoms. The van der Waals surface area contributed by atoms with Gasteiger partial charge in [-0.2, -0.15) is 0 Å². The maximum atomic E-state index is 12.6. The van der Waals surface area contributed by atoms with E-state index in [0.717, 1.165) is 19.7 Å². The summed E-state index contributed by atoms with van der Waals surface area (Å²) in [4.78, 5) is 0. The second-order valence-electron chi connectivity index (χ2n) is 3.46. The van der Waals surface area contributed by atoms with Crippen molar-refractivity contribution in [3.63, 3.8) is 0 Å². The van der Waals surface area contributed by atoms with Gasteiger partial charge in [0.1, 0.15) is 24.3 Å². The molecule has 1 atom stereocenters. The van der Waals surface area contributed by atoms with Crippen LogP contribution in [0, 0.1) is 5.82 Å². The fourth-order valence-corrected chi connectivity index (χ4v) is 1.45. The molecule has 1 aliphatic heterocycles. The summed E-state index contributed by atoms with van der Waals surface area (Å²) in [6.45, 7) is 2.92. The van der Waals surface area contributed by atoms with Crippen LogP contribution < -0.4 is 10.1 Å². The molecule has 15 heavy (non-hydrogen) atoms. The van der Waals surface area contributed by atoms with E-state index in [1.165, 1.54) is 12.1 Å². The number of hydrogen-bond acceptors (Lipinski definition) is 3. The normalized spacial score (nSPS) is 21.3. The molecule has 1 aliphatic rings. The van der Waals surface area contributed by atoms with Gasteiger partial charge in [0.05, 0.1) is 6.61 Å². The fraction of sp³-hybridized carbons (Fsp3) is 0.455. The van der Waals surface area contributed by atoms with Crippen LogP contribution in [0.15, 0.2) is 24.3 Å². The minimum atomic E-state index is -0.252. The highest BCUT2D eigenvalue weighted by molar-refractivity contribution is 5.22. The lowest BCUT2D eigenvalue weighted by Crippen LogP contribution is -2.41. The zero-order chi connectivity index (χ0) is 10.5. The zero-order valence-electron chi connectivity index (χ0n) is 8.41. The second kappa shape index (κ2) is 5.09. The Balaban J connectivity index is 1.79. The van der Waals surface area contributed by atoms with Crippen molar-refractivity contribution in [3.8, 4) is 5.75 Å². The van der Waals surface area contributed by atoms with Gasteiger partial charge < -0.3 is 14.8 Å². The molecule has 1 saturated heterocycles. The predicted molar refractivity (Wildman–Crippen MR) is 54.5 cm³/mol. The Bertz CT molecular complexity index is 296. The van der Waals surface area contributed by atoms with E-state index in [9.17, 15) is 4.39 Å². The molecule has 1 aromatic carbocycles. The van der Waals surface area contributed by atoms with Gasteiger partial charge in [-0.25, -0.2) is 4.39 Å². The minimum Gasteiger partial charge on any atom is -0.491 e. The molecule has 0 aliphatic carbocycles. The third kappa shape index (κ3) is 3.18. The summed E-state index contributed by atoms with van der Waals surface area (Å²) < 4.78 is 23.5. The van der Waals surface area contributed by atoms with Gasteiger partial charge in [0.2, 0.25) is 0 Å². The maximum Gasteiger partial charge on any atom is 0.123 e. The van der Waals surface area contributed by atoms with E-state index in [2.05, 4.69) is 5.32 Å². The van der Waals surface area contributed by atoms with Crippen LogP contribution in [-0.2, 0) is 4.74 Å². The quantitative estimate of drug-likeness (QED) is 0.814. The van der Waals surface area contributed by atoms with Gasteiger partial charge in [0, 0.05) is 13.1 Å². The van der Waals surface area contributed by atoms with E-state index in [1.54, 1.807) is 12.1 Å². The van der Waals surface area contributed by atoms with Gasteiger partial charge in [-0.15, -0.1) is 0 Å². The lowest BCUT2D eigenvalue weighted by atomic mass is 10.3. The average Bonchev–Trinajstić information content (AvgIpc) is 2.30. The SMILES string of the molecule is Fc1ccc(OC[C@@H]2CNCCO2)cc1. The van der Waals surface area contributed by atoms with Crippen LogP contribution in [0.4, 0.5) is 4.39 Å². The molecule has 0 saturated carbocycles. The third-order valence-corrected chi connectivity index (χ3v) is 2.25. The summed E-state index contributed by atoms with van der Waals surface area (Å²) in [6.07, 6.45) is 0.0869. The summed E-state index contributed by atoms with van der Waals surface area (Å²) in [5.74, 6) is 0.420. The van der Waals surface area contributed by atoms with Crippen LogP contribution in [0.1, 0.15) is 0 Å². The largest absolute Gasteiger partial charge is 0.491 e. The van der Waals surface area contributed by atoms with E-state index < -0.39 is 0 Å². The van der Waals surface area contributed by atoms with Crippen molar-refractivity contribution in [1.82, 2.24) is 5.32 Å². The summed E-state index contributed by atoms with van der Waals surface area (Å²) >= 11 is 0. The molecule has 0 aromatic heterocycles. The zero-order valence-corrected chi connectivity index (χ0v) is 8.41. The molecule has 0 radical (unpaired) electrons. The molecule has 0 amide bonds. The standard InChI is InChI=1S/C11H14FNO2/c12-9-1-3-10(4-2-9)15-8-11-7-13-5-6-14-11/h1-4,11,13H,5-8H2/t11-/m0/s1. The van der Waals surface area contributed by atoms with Gasteiger partial charge in [-0.3, -0.25) is 0 Å². The van der Waals surface area contributed by atoms with E-state index in [4.69, 9.17) is 9.47 Å². The molecule has 1 fully saturated rings. The number of morpholine rings is 1. The predicted octanol–water partition coefficient (Wildman–Crippen LogP) is 1.19. The molecular formula is C11H14FNO2. The van der Waals surface area contributed by atoms with Crippen molar-refractivity contribution in [1.29, 1.82) is 0 Å². The lowest BCUT2D eigenvalue weighted by Gasteiger charge is -2.23. The number of halogens is 1. The Morgan fingerprint density at radius 3 is 2.87 bits per heavy atom. The highest BCUT2D eigenvalue weighted by atomic mass is 19.1. The summed E-state index contributed by atoms with van der Waals surface area (Å²) in [6, 6.07) is 6.00. The van der Waals surface area contributed by atoms with Gasteiger partial charge in [0.25, 0.3) is 0 Å². The summed E-state index contributed by atoms with van der Waals surface area (Å²) in [7, 11) is 0. The molecule has 4 heteroatoms. The molecule has 2 rings (SSSR count). The number of rotatable bonds is 3. The van der Waals surface area contributed by atoms with Gasteiger partial charge in [0.15, 0.2) is 0 Å². The molecular weight excluding hydrogens is 197 g/mol. The van der Waals surface area contributed by atoms with Crippen LogP contribution in [0.2, 0.25) is 0 Å². The van der Waals surface area contributed by atoms with Crippen molar-refractivity contribution in [2.45, 2.75) is 6.10 Å². The Kier molecular flexibility index (Phi) is 3.53. The number of nitrogens with one attached hydrogen (secondary N) is 1. The summed E-state index contributed by atoms with van der Waals surface area (Å²) in [5, 5.41) is 3.22. The smallest absolute Gasteiger partial charge is 0.123 e. The molecule has 1 heterocycles. The van der Waals surface area contributed by atoms with Crippen LogP contribution in [-0.4, -0.2) is 32.4 Å². The molecule has 82 valence electrons. The van der Waals surface area contributed by atoms with E-state index in [-0.39, 0.29) is 11.9 Å². The highest BCUT2D eigenvalue weighted by Crippen LogP contribution is 2.11. The van der Waals surface area contributed by atoms with Crippen molar-refractivity contribution >= 4 is 0 Å². The topological polar surface area (TPSA) is 30.5 Å². The minimum absolute atomic E-state index is 0.0869. The average molecular weight is 211 g/mol. The van der Waals surface area contributed by atoms with Crippen molar-refractivity contribution < 1.29 is 13.9 Å². The monoisotopic (exact) mass is 211 g/mol. The van der Waals surface area contributed by atoms with Crippen molar-refractivity contribution in [2.75, 3.05) is 26.3 Å². The maximum absolute atomic E-state index is 12.6. The van der Waals surface area contributed by atoms with E-state index in [0.29, 0.717) is 12.4 Å². The van der Waals surface area contributed by atoms with Gasteiger partial charge in [-0.05, 0) is 24.3 Å². The van der Waals surface area contributed by atoms with Crippen LogP contribution in [0.3, 0.4) is 0 Å². The Hall–Kier alpha value is -1.13.